The SMILES string of the molecule is COc1cc(Cl)cc2c1NC(Nc1c(F)cccc1Br)=NS2. The fraction of sp³-hybridized carbons (Fsp3) is 0.0714. The van der Waals surface area contributed by atoms with Crippen molar-refractivity contribution in [1.29, 1.82) is 0 Å². The van der Waals surface area contributed by atoms with E-state index < -0.39 is 0 Å². The minimum atomic E-state index is -0.377. The Balaban J connectivity index is 1.90. The molecule has 4 nitrogen and oxygen atoms in total. The smallest absolute Gasteiger partial charge is 0.212 e. The van der Waals surface area contributed by atoms with Crippen molar-refractivity contribution in [2.45, 2.75) is 4.90 Å². The van der Waals surface area contributed by atoms with Gasteiger partial charge in [0.15, 0.2) is 0 Å². The van der Waals surface area contributed by atoms with E-state index in [2.05, 4.69) is 31.0 Å². The largest absolute Gasteiger partial charge is 0.494 e. The van der Waals surface area contributed by atoms with Crippen LogP contribution < -0.4 is 15.4 Å². The van der Waals surface area contributed by atoms with Crippen molar-refractivity contribution in [1.82, 2.24) is 0 Å². The fourth-order valence-electron chi connectivity index (χ4n) is 1.94. The Morgan fingerprint density at radius 1 is 1.41 bits per heavy atom. The lowest BCUT2D eigenvalue weighted by atomic mass is 10.3. The maximum Gasteiger partial charge on any atom is 0.212 e. The number of methoxy groups -OCH3 is 1. The molecule has 0 saturated heterocycles. The molecule has 0 bridgehead atoms. The van der Waals surface area contributed by atoms with Crippen molar-refractivity contribution < 1.29 is 9.13 Å². The Morgan fingerprint density at radius 3 is 2.95 bits per heavy atom. The number of rotatable bonds is 2. The standard InChI is InChI=1S/C14H10BrClFN3OS/c1-21-10-5-7(16)6-11-13(10)19-14(20-22-11)18-12-8(15)3-2-4-9(12)17/h2-6H,1H3,(H2,18,19,20). The molecule has 0 spiro atoms. The van der Waals surface area contributed by atoms with Gasteiger partial charge in [-0.3, -0.25) is 0 Å². The summed E-state index contributed by atoms with van der Waals surface area (Å²) in [6.45, 7) is 0. The van der Waals surface area contributed by atoms with Crippen molar-refractivity contribution in [3.05, 3.63) is 45.6 Å². The molecule has 0 amide bonds. The number of nitrogens with one attached hydrogen (secondary N) is 2. The minimum absolute atomic E-state index is 0.311. The molecule has 1 heterocycles. The number of nitrogens with zero attached hydrogens (tertiary/aromatic N) is 1. The Hall–Kier alpha value is -1.44. The molecule has 2 aromatic carbocycles. The second-order valence-electron chi connectivity index (χ2n) is 4.36. The van der Waals surface area contributed by atoms with Gasteiger partial charge >= 0.3 is 0 Å². The van der Waals surface area contributed by atoms with Gasteiger partial charge in [-0.15, -0.1) is 0 Å². The lowest BCUT2D eigenvalue weighted by molar-refractivity contribution is 0.416. The van der Waals surface area contributed by atoms with E-state index in [1.807, 2.05) is 0 Å². The molecule has 8 heteroatoms. The van der Waals surface area contributed by atoms with Gasteiger partial charge in [0.05, 0.1) is 23.4 Å². The summed E-state index contributed by atoms with van der Waals surface area (Å²) in [5.41, 5.74) is 1.05. The van der Waals surface area contributed by atoms with Crippen LogP contribution in [0, 0.1) is 5.82 Å². The van der Waals surface area contributed by atoms with Gasteiger partial charge in [-0.25, -0.2) is 4.39 Å². The first-order valence-electron chi connectivity index (χ1n) is 6.19. The molecule has 2 N–H and O–H groups in total. The lowest BCUT2D eigenvalue weighted by Gasteiger charge is -2.21. The molecule has 0 radical (unpaired) electrons. The van der Waals surface area contributed by atoms with E-state index in [1.54, 1.807) is 31.4 Å². The molecule has 0 atom stereocenters. The minimum Gasteiger partial charge on any atom is -0.494 e. The highest BCUT2D eigenvalue weighted by molar-refractivity contribution is 9.10. The zero-order valence-corrected chi connectivity index (χ0v) is 14.4. The molecular weight excluding hydrogens is 393 g/mol. The first kappa shape index (κ1) is 15.5. The maximum absolute atomic E-state index is 13.9. The molecule has 1 aliphatic heterocycles. The van der Waals surface area contributed by atoms with Crippen LogP contribution in [-0.2, 0) is 0 Å². The summed E-state index contributed by atoms with van der Waals surface area (Å²) in [6.07, 6.45) is 0. The van der Waals surface area contributed by atoms with Gasteiger partial charge < -0.3 is 15.4 Å². The van der Waals surface area contributed by atoms with Gasteiger partial charge in [-0.05, 0) is 34.1 Å². The molecule has 2 aromatic rings. The molecule has 114 valence electrons. The average molecular weight is 403 g/mol. The number of benzene rings is 2. The Labute approximate surface area is 144 Å². The highest BCUT2D eigenvalue weighted by Gasteiger charge is 2.19. The Bertz CT molecular complexity index is 752. The monoisotopic (exact) mass is 401 g/mol. The van der Waals surface area contributed by atoms with Crippen LogP contribution >= 0.6 is 39.5 Å². The van der Waals surface area contributed by atoms with E-state index >= 15 is 0 Å². The predicted octanol–water partition coefficient (Wildman–Crippen LogP) is 5.15. The van der Waals surface area contributed by atoms with Crippen molar-refractivity contribution in [2.24, 2.45) is 4.40 Å². The second kappa shape index (κ2) is 6.36. The fourth-order valence-corrected chi connectivity index (χ4v) is 3.36. The highest BCUT2D eigenvalue weighted by Crippen LogP contribution is 2.41. The number of hydrogen-bond donors (Lipinski definition) is 2. The normalized spacial score (nSPS) is 13.0. The van der Waals surface area contributed by atoms with Crippen molar-refractivity contribution in [2.75, 3.05) is 17.7 Å². The number of para-hydroxylation sites is 1. The molecule has 1 aliphatic rings. The first-order valence-corrected chi connectivity index (χ1v) is 8.13. The van der Waals surface area contributed by atoms with Crippen molar-refractivity contribution in [3.63, 3.8) is 0 Å². The van der Waals surface area contributed by atoms with Crippen LogP contribution in [0.2, 0.25) is 5.02 Å². The van der Waals surface area contributed by atoms with Crippen molar-refractivity contribution >= 4 is 56.8 Å². The van der Waals surface area contributed by atoms with Gasteiger partial charge in [0.1, 0.15) is 11.6 Å². The zero-order valence-electron chi connectivity index (χ0n) is 11.3. The van der Waals surface area contributed by atoms with E-state index in [-0.39, 0.29) is 5.82 Å². The molecule has 0 saturated carbocycles. The highest BCUT2D eigenvalue weighted by atomic mass is 79.9. The third-order valence-electron chi connectivity index (χ3n) is 2.94. The van der Waals surface area contributed by atoms with Crippen LogP contribution in [0.1, 0.15) is 0 Å². The summed E-state index contributed by atoms with van der Waals surface area (Å²) in [7, 11) is 1.56. The Kier molecular flexibility index (Phi) is 4.46. The number of fused-ring (bicyclic) bond motifs is 1. The summed E-state index contributed by atoms with van der Waals surface area (Å²) in [5.74, 6) is 0.624. The second-order valence-corrected chi connectivity index (χ2v) is 6.45. The molecule has 0 aliphatic carbocycles. The maximum atomic E-state index is 13.9. The molecule has 0 fully saturated rings. The first-order chi connectivity index (χ1) is 10.6. The average Bonchev–Trinajstić information content (AvgIpc) is 2.50. The number of guanidine groups is 1. The van der Waals surface area contributed by atoms with Crippen LogP contribution in [0.3, 0.4) is 0 Å². The Morgan fingerprint density at radius 2 is 2.23 bits per heavy atom. The topological polar surface area (TPSA) is 45.6 Å². The summed E-state index contributed by atoms with van der Waals surface area (Å²) in [4.78, 5) is 0.836. The zero-order chi connectivity index (χ0) is 15.7. The van der Waals surface area contributed by atoms with Crippen LogP contribution in [0.4, 0.5) is 15.8 Å². The van der Waals surface area contributed by atoms with Gasteiger partial charge in [-0.1, -0.05) is 17.7 Å². The number of hydrogen-bond acceptors (Lipinski definition) is 5. The van der Waals surface area contributed by atoms with Crippen LogP contribution in [0.15, 0.2) is 44.1 Å². The number of halogens is 3. The molecule has 0 unspecified atom stereocenters. The summed E-state index contributed by atoms with van der Waals surface area (Å²) in [5, 5.41) is 6.59. The van der Waals surface area contributed by atoms with E-state index in [4.69, 9.17) is 16.3 Å². The lowest BCUT2D eigenvalue weighted by Crippen LogP contribution is -2.24. The van der Waals surface area contributed by atoms with Crippen LogP contribution in [-0.4, -0.2) is 13.1 Å². The molecular formula is C14H10BrClFN3OS. The third kappa shape index (κ3) is 3.02. The van der Waals surface area contributed by atoms with E-state index in [1.165, 1.54) is 18.0 Å². The number of ether oxygens (including phenoxy) is 1. The summed E-state index contributed by atoms with van der Waals surface area (Å²) >= 11 is 10.6. The van der Waals surface area contributed by atoms with Crippen LogP contribution in [0.5, 0.6) is 5.75 Å². The van der Waals surface area contributed by atoms with Crippen LogP contribution in [0.25, 0.3) is 0 Å². The van der Waals surface area contributed by atoms with Gasteiger partial charge in [0, 0.05) is 27.5 Å². The van der Waals surface area contributed by atoms with Gasteiger partial charge in [0.25, 0.3) is 0 Å². The predicted molar refractivity (Wildman–Crippen MR) is 92.6 cm³/mol. The number of anilines is 2. The molecule has 22 heavy (non-hydrogen) atoms. The van der Waals surface area contributed by atoms with E-state index in [9.17, 15) is 4.39 Å². The van der Waals surface area contributed by atoms with E-state index in [0.29, 0.717) is 26.9 Å². The van der Waals surface area contributed by atoms with E-state index in [0.717, 1.165) is 10.6 Å². The summed E-state index contributed by atoms with van der Waals surface area (Å²) in [6, 6.07) is 8.23. The quantitative estimate of drug-likeness (QED) is 0.682. The summed E-state index contributed by atoms with van der Waals surface area (Å²) < 4.78 is 24.1. The van der Waals surface area contributed by atoms with Crippen molar-refractivity contribution in [3.8, 4) is 5.75 Å². The van der Waals surface area contributed by atoms with Gasteiger partial charge in [0.2, 0.25) is 5.96 Å². The molecule has 0 aromatic heterocycles. The molecule has 3 rings (SSSR count). The third-order valence-corrected chi connectivity index (χ3v) is 4.61. The van der Waals surface area contributed by atoms with Gasteiger partial charge in [-0.2, -0.15) is 4.40 Å².